The second-order valence-electron chi connectivity index (χ2n) is 16.4. The highest BCUT2D eigenvalue weighted by atomic mass is 28.4. The summed E-state index contributed by atoms with van der Waals surface area (Å²) >= 11 is 0. The Labute approximate surface area is 324 Å². The molecule has 0 aliphatic rings. The van der Waals surface area contributed by atoms with Crippen LogP contribution in [0.4, 0.5) is 0 Å². The van der Waals surface area contributed by atoms with Gasteiger partial charge >= 0.3 is 0 Å². The second-order valence-corrected chi connectivity index (χ2v) is 25.1. The molecule has 53 heavy (non-hydrogen) atoms. The molecule has 0 radical (unpaired) electrons. The molecule has 0 aromatic heterocycles. The molecule has 0 aliphatic heterocycles. The van der Waals surface area contributed by atoms with E-state index in [-0.39, 0.29) is 49.3 Å². The maximum Gasteiger partial charge on any atom is 0.261 e. The van der Waals surface area contributed by atoms with Crippen LogP contribution in [0.2, 0.25) is 10.1 Å². The van der Waals surface area contributed by atoms with Gasteiger partial charge in [0.15, 0.2) is 0 Å². The molecule has 0 amide bonds. The number of rotatable bonds is 16. The first-order valence-corrected chi connectivity index (χ1v) is 22.8. The fourth-order valence-electron chi connectivity index (χ4n) is 7.39. The van der Waals surface area contributed by atoms with Crippen molar-refractivity contribution in [1.82, 2.24) is 0 Å². The van der Waals surface area contributed by atoms with Crippen molar-refractivity contribution in [3.05, 3.63) is 121 Å². The lowest BCUT2D eigenvalue weighted by atomic mass is 9.81. The van der Waals surface area contributed by atoms with Gasteiger partial charge < -0.3 is 24.2 Å². The third-order valence-electron chi connectivity index (χ3n) is 11.3. The molecule has 292 valence electrons. The molecule has 0 aliphatic carbocycles. The van der Waals surface area contributed by atoms with Gasteiger partial charge in [-0.05, 0) is 55.5 Å². The molecule has 4 rings (SSSR count). The molecule has 7 heteroatoms. The van der Waals surface area contributed by atoms with Gasteiger partial charge in [-0.15, -0.1) is 0 Å². The van der Waals surface area contributed by atoms with Gasteiger partial charge in [0.2, 0.25) is 0 Å². The second kappa shape index (κ2) is 20.2. The van der Waals surface area contributed by atoms with Crippen LogP contribution in [0.1, 0.15) is 89.0 Å². The molecule has 0 spiro atoms. The Hall–Kier alpha value is -2.89. The summed E-state index contributed by atoms with van der Waals surface area (Å²) in [6, 6.07) is 42.3. The fourth-order valence-corrected chi connectivity index (χ4v) is 16.7. The highest BCUT2D eigenvalue weighted by Crippen LogP contribution is 2.40. The lowest BCUT2D eigenvalue weighted by Gasteiger charge is -2.45. The van der Waals surface area contributed by atoms with E-state index in [0.29, 0.717) is 0 Å². The van der Waals surface area contributed by atoms with E-state index in [1.165, 1.54) is 10.4 Å². The van der Waals surface area contributed by atoms with Crippen molar-refractivity contribution in [2.24, 2.45) is 10.8 Å². The van der Waals surface area contributed by atoms with Crippen molar-refractivity contribution in [1.29, 1.82) is 0 Å². The molecule has 0 saturated carbocycles. The molecule has 3 N–H and O–H groups in total. The summed E-state index contributed by atoms with van der Waals surface area (Å²) < 4.78 is 13.8. The zero-order valence-electron chi connectivity index (χ0n) is 33.4. The minimum atomic E-state index is -2.74. The van der Waals surface area contributed by atoms with Crippen molar-refractivity contribution in [2.75, 3.05) is 33.0 Å². The molecular weight excluding hydrogens is 689 g/mol. The molecule has 5 nitrogen and oxygen atoms in total. The van der Waals surface area contributed by atoms with Crippen LogP contribution in [0.5, 0.6) is 0 Å². The van der Waals surface area contributed by atoms with Crippen molar-refractivity contribution >= 4 is 37.4 Å². The Balaban J connectivity index is 0.000000360. The summed E-state index contributed by atoms with van der Waals surface area (Å²) in [6.45, 7) is 20.4. The predicted molar refractivity (Wildman–Crippen MR) is 231 cm³/mol. The van der Waals surface area contributed by atoms with Crippen LogP contribution in [0.3, 0.4) is 0 Å². The molecule has 0 saturated heterocycles. The zero-order chi connectivity index (χ0) is 38.5. The predicted octanol–water partition coefficient (Wildman–Crippen LogP) is 7.94. The summed E-state index contributed by atoms with van der Waals surface area (Å²) in [6.07, 6.45) is 3.49. The molecule has 0 bridgehead atoms. The molecule has 0 atom stereocenters. The van der Waals surface area contributed by atoms with E-state index in [1.54, 1.807) is 0 Å². The molecule has 0 unspecified atom stereocenters. The minimum Gasteiger partial charge on any atom is -0.407 e. The lowest BCUT2D eigenvalue weighted by molar-refractivity contribution is -0.0283. The number of hydrogen-bond donors (Lipinski definition) is 3. The van der Waals surface area contributed by atoms with Gasteiger partial charge in [-0.25, -0.2) is 0 Å². The van der Waals surface area contributed by atoms with Crippen LogP contribution < -0.4 is 20.7 Å². The van der Waals surface area contributed by atoms with Crippen LogP contribution in [0.25, 0.3) is 0 Å². The molecule has 4 aromatic rings. The number of aliphatic hydroxyl groups excluding tert-OH is 3. The zero-order valence-corrected chi connectivity index (χ0v) is 35.4. The Kier molecular flexibility index (Phi) is 17.6. The summed E-state index contributed by atoms with van der Waals surface area (Å²) in [4.78, 5) is 0. The third-order valence-corrected chi connectivity index (χ3v) is 21.2. The number of aliphatic hydroxyl groups is 3. The van der Waals surface area contributed by atoms with Crippen molar-refractivity contribution in [2.45, 2.75) is 99.1 Å². The van der Waals surface area contributed by atoms with Crippen LogP contribution in [0, 0.1) is 10.8 Å². The minimum absolute atomic E-state index is 0. The van der Waals surface area contributed by atoms with Crippen LogP contribution in [-0.2, 0) is 8.85 Å². The lowest BCUT2D eigenvalue weighted by Crippen LogP contribution is -2.67. The first-order chi connectivity index (χ1) is 24.7. The topological polar surface area (TPSA) is 79.2 Å². The van der Waals surface area contributed by atoms with Crippen LogP contribution in [-0.4, -0.2) is 65.0 Å². The Morgan fingerprint density at radius 1 is 0.415 bits per heavy atom. The van der Waals surface area contributed by atoms with Crippen LogP contribution >= 0.6 is 0 Å². The van der Waals surface area contributed by atoms with E-state index >= 15 is 0 Å². The highest BCUT2D eigenvalue weighted by Gasteiger charge is 2.52. The van der Waals surface area contributed by atoms with Crippen molar-refractivity contribution in [3.8, 4) is 0 Å². The van der Waals surface area contributed by atoms with Crippen LogP contribution in [0.15, 0.2) is 121 Å². The van der Waals surface area contributed by atoms with E-state index in [4.69, 9.17) is 8.85 Å². The van der Waals surface area contributed by atoms with Gasteiger partial charge in [0.25, 0.3) is 16.6 Å². The summed E-state index contributed by atoms with van der Waals surface area (Å²) in [5, 5.41) is 34.1. The van der Waals surface area contributed by atoms with E-state index in [1.807, 2.05) is 36.4 Å². The van der Waals surface area contributed by atoms with Crippen molar-refractivity contribution in [3.63, 3.8) is 0 Å². The largest absolute Gasteiger partial charge is 0.407 e. The smallest absolute Gasteiger partial charge is 0.261 e. The summed E-state index contributed by atoms with van der Waals surface area (Å²) in [7, 11) is -5.15. The van der Waals surface area contributed by atoms with Crippen molar-refractivity contribution < 1.29 is 24.2 Å². The summed E-state index contributed by atoms with van der Waals surface area (Å²) in [5.74, 6) is 0. The fraction of sp³-hybridized carbons (Fsp3) is 0.478. The van der Waals surface area contributed by atoms with Gasteiger partial charge in [0.05, 0.1) is 25.2 Å². The molecule has 0 heterocycles. The average Bonchev–Trinajstić information content (AvgIpc) is 3.17. The quantitative estimate of drug-likeness (QED) is 0.101. The first-order valence-electron chi connectivity index (χ1n) is 19.0. The van der Waals surface area contributed by atoms with E-state index in [2.05, 4.69) is 147 Å². The van der Waals surface area contributed by atoms with E-state index in [0.717, 1.165) is 36.2 Å². The Bertz CT molecular complexity index is 1340. The SMILES string of the molecule is C.CC(C)(C)[Si](OCC(CO)(CO)CO)(c1ccccc1)c1ccccc1.CCC(CC)(CC)CO[Si](c1ccccc1)(c1ccccc1)C(C)(C)C. The number of hydrogen-bond acceptors (Lipinski definition) is 5. The van der Waals surface area contributed by atoms with E-state index in [9.17, 15) is 15.3 Å². The van der Waals surface area contributed by atoms with Gasteiger partial charge in [0.1, 0.15) is 0 Å². The average molecular weight is 759 g/mol. The van der Waals surface area contributed by atoms with Gasteiger partial charge in [-0.1, -0.05) is 191 Å². The maximum absolute atomic E-state index is 9.73. The molecule has 4 aromatic carbocycles. The molecule has 0 fully saturated rings. The Morgan fingerprint density at radius 3 is 0.830 bits per heavy atom. The van der Waals surface area contributed by atoms with Gasteiger partial charge in [0, 0.05) is 13.2 Å². The summed E-state index contributed by atoms with van der Waals surface area (Å²) in [5.41, 5.74) is -0.792. The normalized spacial score (nSPS) is 12.8. The number of benzene rings is 4. The molecular formula is C46H70O5Si2. The standard InChI is InChI=1S/C24H36OSi.C21H30O4Si.CH4/c1-7-24(8-2,9-3)20-25-26(23(4,5)6,21-16-12-10-13-17-21)22-18-14-11-15-19-22;1-20(2,3)26(18-10-6-4-7-11-18,19-12-8-5-9-13-19)25-17-21(14-22,15-23)16-24;/h10-19H,7-9,20H2,1-6H3;4-13,22-24H,14-17H2,1-3H3;1H4. The third kappa shape index (κ3) is 10.3. The Morgan fingerprint density at radius 2 is 0.642 bits per heavy atom. The monoisotopic (exact) mass is 758 g/mol. The highest BCUT2D eigenvalue weighted by molar-refractivity contribution is 7.00. The van der Waals surface area contributed by atoms with Gasteiger partial charge in [-0.2, -0.15) is 0 Å². The first kappa shape index (κ1) is 46.3. The van der Waals surface area contributed by atoms with Gasteiger partial charge in [-0.3, -0.25) is 0 Å². The van der Waals surface area contributed by atoms with E-state index < -0.39 is 22.0 Å². The maximum atomic E-state index is 9.73.